The van der Waals surface area contributed by atoms with Crippen molar-refractivity contribution in [2.75, 3.05) is 11.5 Å². The molecule has 0 saturated carbocycles. The predicted octanol–water partition coefficient (Wildman–Crippen LogP) is 3.06. The first-order valence-corrected chi connectivity index (χ1v) is 7.95. The van der Waals surface area contributed by atoms with Crippen LogP contribution in [0.4, 0.5) is 0 Å². The van der Waals surface area contributed by atoms with Crippen molar-refractivity contribution >= 4 is 40.8 Å². The summed E-state index contributed by atoms with van der Waals surface area (Å²) in [5.74, 6) is 1.45. The Bertz CT molecular complexity index is 405. The Morgan fingerprint density at radius 1 is 1.44 bits per heavy atom. The minimum Gasteiger partial charge on any atom is -0.477 e. The quantitative estimate of drug-likeness (QED) is 0.899. The lowest BCUT2D eigenvalue weighted by Gasteiger charge is -2.25. The van der Waals surface area contributed by atoms with E-state index in [0.29, 0.717) is 21.1 Å². The van der Waals surface area contributed by atoms with Crippen LogP contribution in [-0.2, 0) is 0 Å². The second-order valence-electron chi connectivity index (χ2n) is 3.64. The fraction of sp³-hybridized carbons (Fsp3) is 0.600. The lowest BCUT2D eigenvalue weighted by atomic mass is 10.3. The molecule has 2 rings (SSSR count). The van der Waals surface area contributed by atoms with Gasteiger partial charge < -0.3 is 5.11 Å². The van der Waals surface area contributed by atoms with Crippen molar-refractivity contribution in [3.8, 4) is 0 Å². The fourth-order valence-electron chi connectivity index (χ4n) is 1.64. The fourth-order valence-corrected chi connectivity index (χ4v) is 5.71. The molecule has 1 N–H and O–H groups in total. The zero-order chi connectivity index (χ0) is 11.7. The Hall–Kier alpha value is -0.200. The summed E-state index contributed by atoms with van der Waals surface area (Å²) < 4.78 is 0. The maximum absolute atomic E-state index is 11.0. The molecule has 0 aliphatic carbocycles. The first-order valence-electron chi connectivity index (χ1n) is 5.03. The number of aromatic nitrogens is 1. The number of thioether (sulfide) groups is 2. The van der Waals surface area contributed by atoms with E-state index in [1.807, 2.05) is 23.5 Å². The van der Waals surface area contributed by atoms with E-state index in [4.69, 9.17) is 5.11 Å². The van der Waals surface area contributed by atoms with Crippen LogP contribution in [0.2, 0.25) is 0 Å². The normalized spacial score (nSPS) is 25.6. The van der Waals surface area contributed by atoms with Crippen LogP contribution in [-0.4, -0.2) is 32.8 Å². The number of aryl methyl sites for hydroxylation is 1. The van der Waals surface area contributed by atoms with E-state index in [1.165, 1.54) is 17.1 Å². The minimum atomic E-state index is -0.859. The van der Waals surface area contributed by atoms with E-state index >= 15 is 0 Å². The van der Waals surface area contributed by atoms with Gasteiger partial charge in [-0.3, -0.25) is 0 Å². The molecule has 1 saturated heterocycles. The van der Waals surface area contributed by atoms with Crippen LogP contribution in [0.3, 0.4) is 0 Å². The lowest BCUT2D eigenvalue weighted by molar-refractivity contribution is 0.0701. The molecule has 0 bridgehead atoms. The molecule has 6 heteroatoms. The Morgan fingerprint density at radius 3 is 2.69 bits per heavy atom. The number of carboxylic acid groups (broad SMARTS) is 1. The van der Waals surface area contributed by atoms with Gasteiger partial charge in [0.05, 0.1) is 10.9 Å². The molecule has 0 amide bonds. The Morgan fingerprint density at radius 2 is 2.12 bits per heavy atom. The molecule has 1 aliphatic rings. The largest absolute Gasteiger partial charge is 0.477 e. The van der Waals surface area contributed by atoms with Gasteiger partial charge in [0, 0.05) is 16.8 Å². The molecule has 2 heterocycles. The van der Waals surface area contributed by atoms with Crippen LogP contribution in [0.1, 0.15) is 32.5 Å². The van der Waals surface area contributed by atoms with Crippen molar-refractivity contribution in [3.63, 3.8) is 0 Å². The number of carboxylic acids is 1. The zero-order valence-electron chi connectivity index (χ0n) is 9.10. The number of hydrogen-bond acceptors (Lipinski definition) is 5. The van der Waals surface area contributed by atoms with Crippen molar-refractivity contribution in [1.29, 1.82) is 0 Å². The number of nitrogens with zero attached hydrogens (tertiary/aromatic N) is 1. The number of hydrogen-bond donors (Lipinski definition) is 1. The highest BCUT2D eigenvalue weighted by Crippen LogP contribution is 2.44. The molecule has 2 atom stereocenters. The Balaban J connectivity index is 2.26. The first kappa shape index (κ1) is 12.3. The van der Waals surface area contributed by atoms with Gasteiger partial charge in [0.15, 0.2) is 0 Å². The Kier molecular flexibility index (Phi) is 3.81. The maximum atomic E-state index is 11.0. The van der Waals surface area contributed by atoms with Gasteiger partial charge in [-0.15, -0.1) is 23.1 Å². The third kappa shape index (κ3) is 2.38. The maximum Gasteiger partial charge on any atom is 0.347 e. The summed E-state index contributed by atoms with van der Waals surface area (Å²) in [5, 5.41) is 10.8. The summed E-state index contributed by atoms with van der Waals surface area (Å²) in [4.78, 5) is 15.8. The van der Waals surface area contributed by atoms with Crippen LogP contribution < -0.4 is 0 Å². The number of thiazole rings is 1. The van der Waals surface area contributed by atoms with Gasteiger partial charge in [-0.1, -0.05) is 6.92 Å². The van der Waals surface area contributed by atoms with Gasteiger partial charge in [0.25, 0.3) is 0 Å². The van der Waals surface area contributed by atoms with Crippen molar-refractivity contribution in [3.05, 3.63) is 15.6 Å². The molecule has 88 valence electrons. The van der Waals surface area contributed by atoms with E-state index in [1.54, 1.807) is 6.92 Å². The zero-order valence-corrected chi connectivity index (χ0v) is 11.5. The van der Waals surface area contributed by atoms with E-state index in [9.17, 15) is 4.79 Å². The van der Waals surface area contributed by atoms with Gasteiger partial charge in [-0.05, 0) is 6.92 Å². The second kappa shape index (κ2) is 4.98. The number of carbonyl (C=O) groups is 1. The van der Waals surface area contributed by atoms with Crippen LogP contribution in [0.5, 0.6) is 0 Å². The molecule has 1 aliphatic heterocycles. The number of rotatable bonds is 2. The molecule has 1 fully saturated rings. The van der Waals surface area contributed by atoms with Gasteiger partial charge in [0.2, 0.25) is 0 Å². The van der Waals surface area contributed by atoms with Gasteiger partial charge in [-0.2, -0.15) is 11.8 Å². The van der Waals surface area contributed by atoms with Gasteiger partial charge >= 0.3 is 5.97 Å². The smallest absolute Gasteiger partial charge is 0.347 e. The SMILES string of the molecule is Cc1nc(C2SCCSC2C)sc1C(=O)O. The van der Waals surface area contributed by atoms with Crippen molar-refractivity contribution in [1.82, 2.24) is 4.98 Å². The number of aromatic carboxylic acids is 1. The highest BCUT2D eigenvalue weighted by atomic mass is 32.2. The average Bonchev–Trinajstić information content (AvgIpc) is 2.61. The third-order valence-corrected chi connectivity index (χ3v) is 6.92. The molecular formula is C10H13NO2S3. The van der Waals surface area contributed by atoms with E-state index in [0.717, 1.165) is 10.8 Å². The minimum absolute atomic E-state index is 0.357. The summed E-state index contributed by atoms with van der Waals surface area (Å²) in [7, 11) is 0. The van der Waals surface area contributed by atoms with E-state index in [2.05, 4.69) is 11.9 Å². The van der Waals surface area contributed by atoms with Crippen LogP contribution in [0.25, 0.3) is 0 Å². The highest BCUT2D eigenvalue weighted by molar-refractivity contribution is 8.06. The van der Waals surface area contributed by atoms with Crippen LogP contribution >= 0.6 is 34.9 Å². The highest BCUT2D eigenvalue weighted by Gasteiger charge is 2.28. The summed E-state index contributed by atoms with van der Waals surface area (Å²) in [6.45, 7) is 3.97. The van der Waals surface area contributed by atoms with Crippen molar-refractivity contribution < 1.29 is 9.90 Å². The van der Waals surface area contributed by atoms with Crippen molar-refractivity contribution in [2.45, 2.75) is 24.3 Å². The molecule has 0 aromatic carbocycles. The topological polar surface area (TPSA) is 50.2 Å². The molecule has 1 aromatic heterocycles. The Labute approximate surface area is 107 Å². The van der Waals surface area contributed by atoms with E-state index in [-0.39, 0.29) is 0 Å². The van der Waals surface area contributed by atoms with Gasteiger partial charge in [-0.25, -0.2) is 9.78 Å². The summed E-state index contributed by atoms with van der Waals surface area (Å²) in [5.41, 5.74) is 0.649. The third-order valence-electron chi connectivity index (χ3n) is 2.44. The first-order chi connectivity index (χ1) is 7.59. The molecule has 1 aromatic rings. The molecule has 3 nitrogen and oxygen atoms in total. The summed E-state index contributed by atoms with van der Waals surface area (Å²) in [6, 6.07) is 0. The van der Waals surface area contributed by atoms with Gasteiger partial charge in [0.1, 0.15) is 9.88 Å². The van der Waals surface area contributed by atoms with Crippen molar-refractivity contribution in [2.24, 2.45) is 0 Å². The summed E-state index contributed by atoms with van der Waals surface area (Å²) >= 11 is 5.17. The molecular weight excluding hydrogens is 262 g/mol. The monoisotopic (exact) mass is 275 g/mol. The molecule has 0 spiro atoms. The molecule has 16 heavy (non-hydrogen) atoms. The molecule has 0 radical (unpaired) electrons. The standard InChI is InChI=1S/C10H13NO2S3/c1-5-7(10(12)13)16-9(11-5)8-6(2)14-3-4-15-8/h6,8H,3-4H2,1-2H3,(H,12,13). The van der Waals surface area contributed by atoms with Crippen LogP contribution in [0.15, 0.2) is 0 Å². The predicted molar refractivity (Wildman–Crippen MR) is 70.9 cm³/mol. The lowest BCUT2D eigenvalue weighted by Crippen LogP contribution is -2.15. The average molecular weight is 275 g/mol. The van der Waals surface area contributed by atoms with E-state index < -0.39 is 5.97 Å². The van der Waals surface area contributed by atoms with Crippen LogP contribution in [0, 0.1) is 6.92 Å². The summed E-state index contributed by atoms with van der Waals surface area (Å²) in [6.07, 6.45) is 0. The second-order valence-corrected chi connectivity index (χ2v) is 7.40. The molecule has 2 unspecified atom stereocenters.